The number of oxazole rings is 1. The Hall–Kier alpha value is -2.75. The second-order valence-electron chi connectivity index (χ2n) is 6.16. The van der Waals surface area contributed by atoms with Crippen molar-refractivity contribution >= 4 is 0 Å². The molecule has 1 heterocycles. The first-order valence-electron chi connectivity index (χ1n) is 8.10. The van der Waals surface area contributed by atoms with Gasteiger partial charge in [-0.1, -0.05) is 45.0 Å². The van der Waals surface area contributed by atoms with Gasteiger partial charge in [-0.25, -0.2) is 4.98 Å². The lowest BCUT2D eigenvalue weighted by molar-refractivity contribution is 0.445. The molecule has 0 saturated carbocycles. The first-order valence-corrected chi connectivity index (χ1v) is 8.10. The minimum atomic E-state index is -0.0165. The summed E-state index contributed by atoms with van der Waals surface area (Å²) in [7, 11) is 0. The summed E-state index contributed by atoms with van der Waals surface area (Å²) < 4.78 is 5.58. The molecular weight excluding hydrogens is 302 g/mol. The summed E-state index contributed by atoms with van der Waals surface area (Å²) in [6.45, 7) is 6.09. The molecule has 0 fully saturated rings. The number of rotatable bonds is 4. The smallest absolute Gasteiger partial charge is 0.182 e. The highest BCUT2D eigenvalue weighted by Crippen LogP contribution is 2.40. The van der Waals surface area contributed by atoms with Gasteiger partial charge in [0.2, 0.25) is 0 Å². The van der Waals surface area contributed by atoms with Crippen molar-refractivity contribution in [1.82, 2.24) is 4.98 Å². The Balaban J connectivity index is 2.11. The predicted octanol–water partition coefficient (Wildman–Crippen LogP) is 5.11. The van der Waals surface area contributed by atoms with Crippen LogP contribution in [0.2, 0.25) is 0 Å². The van der Waals surface area contributed by atoms with Crippen LogP contribution >= 0.6 is 0 Å². The van der Waals surface area contributed by atoms with Crippen LogP contribution in [-0.4, -0.2) is 15.2 Å². The maximum absolute atomic E-state index is 10.3. The summed E-state index contributed by atoms with van der Waals surface area (Å²) in [5, 5.41) is 20.3. The number of aromatic hydroxyl groups is 2. The average Bonchev–Trinajstić information content (AvgIpc) is 3.04. The van der Waals surface area contributed by atoms with Gasteiger partial charge in [0.05, 0.1) is 0 Å². The SMILES string of the molecule is CCc1ccc(-c2ocnc2-c2cc(C(C)C)c(O)cc2O)cc1. The zero-order valence-electron chi connectivity index (χ0n) is 14.1. The molecule has 0 atom stereocenters. The van der Waals surface area contributed by atoms with Crippen LogP contribution in [0.25, 0.3) is 22.6 Å². The van der Waals surface area contributed by atoms with Gasteiger partial charge in [0.15, 0.2) is 12.2 Å². The van der Waals surface area contributed by atoms with E-state index in [-0.39, 0.29) is 17.4 Å². The normalized spacial score (nSPS) is 11.2. The fourth-order valence-corrected chi connectivity index (χ4v) is 2.78. The number of hydrogen-bond donors (Lipinski definition) is 2. The van der Waals surface area contributed by atoms with Gasteiger partial charge in [-0.15, -0.1) is 0 Å². The molecule has 2 aromatic carbocycles. The number of benzene rings is 2. The summed E-state index contributed by atoms with van der Waals surface area (Å²) in [4.78, 5) is 4.29. The van der Waals surface area contributed by atoms with Gasteiger partial charge in [0, 0.05) is 17.2 Å². The van der Waals surface area contributed by atoms with E-state index < -0.39 is 0 Å². The largest absolute Gasteiger partial charge is 0.508 e. The molecule has 2 N–H and O–H groups in total. The Morgan fingerprint density at radius 2 is 1.75 bits per heavy atom. The Labute approximate surface area is 141 Å². The average molecular weight is 323 g/mol. The Bertz CT molecular complexity index is 848. The van der Waals surface area contributed by atoms with Gasteiger partial charge < -0.3 is 14.6 Å². The second kappa shape index (κ2) is 6.40. The van der Waals surface area contributed by atoms with Gasteiger partial charge >= 0.3 is 0 Å². The van der Waals surface area contributed by atoms with Crippen molar-refractivity contribution in [3.63, 3.8) is 0 Å². The molecule has 4 nitrogen and oxygen atoms in total. The van der Waals surface area contributed by atoms with Gasteiger partial charge in [-0.2, -0.15) is 0 Å². The van der Waals surface area contributed by atoms with Gasteiger partial charge in [-0.3, -0.25) is 0 Å². The standard InChI is InChI=1S/C20H21NO3/c1-4-13-5-7-14(8-6-13)20-19(21-11-24-20)16-9-15(12(2)3)17(22)10-18(16)23/h5-12,22-23H,4H2,1-3H3. The second-order valence-corrected chi connectivity index (χ2v) is 6.16. The van der Waals surface area contributed by atoms with E-state index in [9.17, 15) is 10.2 Å². The van der Waals surface area contributed by atoms with E-state index in [1.54, 1.807) is 6.07 Å². The lowest BCUT2D eigenvalue weighted by atomic mass is 9.96. The van der Waals surface area contributed by atoms with Crippen molar-refractivity contribution in [2.45, 2.75) is 33.1 Å². The third-order valence-electron chi connectivity index (χ3n) is 4.21. The maximum atomic E-state index is 10.3. The number of phenolic OH excluding ortho intramolecular Hbond substituents is 2. The predicted molar refractivity (Wildman–Crippen MR) is 94.2 cm³/mol. The van der Waals surface area contributed by atoms with E-state index >= 15 is 0 Å². The van der Waals surface area contributed by atoms with Crippen molar-refractivity contribution in [2.24, 2.45) is 0 Å². The van der Waals surface area contributed by atoms with Crippen molar-refractivity contribution in [2.75, 3.05) is 0 Å². The Morgan fingerprint density at radius 3 is 2.38 bits per heavy atom. The molecule has 0 aliphatic heterocycles. The molecule has 1 aromatic heterocycles. The van der Waals surface area contributed by atoms with Crippen LogP contribution in [0, 0.1) is 0 Å². The van der Waals surface area contributed by atoms with E-state index in [0.717, 1.165) is 17.5 Å². The third-order valence-corrected chi connectivity index (χ3v) is 4.21. The summed E-state index contributed by atoms with van der Waals surface area (Å²) in [6.07, 6.45) is 2.35. The maximum Gasteiger partial charge on any atom is 0.182 e. The lowest BCUT2D eigenvalue weighted by Crippen LogP contribution is -1.92. The van der Waals surface area contributed by atoms with Gasteiger partial charge in [-0.05, 0) is 29.5 Å². The first kappa shape index (κ1) is 16.1. The Morgan fingerprint density at radius 1 is 1.04 bits per heavy atom. The van der Waals surface area contributed by atoms with Gasteiger partial charge in [0.1, 0.15) is 17.2 Å². The molecule has 0 amide bonds. The molecule has 0 radical (unpaired) electrons. The fourth-order valence-electron chi connectivity index (χ4n) is 2.78. The number of hydrogen-bond acceptors (Lipinski definition) is 4. The molecule has 0 aliphatic carbocycles. The molecule has 124 valence electrons. The summed E-state index contributed by atoms with van der Waals surface area (Å²) in [6, 6.07) is 11.2. The first-order chi connectivity index (χ1) is 11.5. The molecule has 0 bridgehead atoms. The van der Waals surface area contributed by atoms with E-state index in [1.807, 2.05) is 26.0 Å². The van der Waals surface area contributed by atoms with Crippen LogP contribution in [0.1, 0.15) is 37.8 Å². The molecule has 0 saturated heterocycles. The molecular formula is C20H21NO3. The minimum Gasteiger partial charge on any atom is -0.508 e. The van der Waals surface area contributed by atoms with Crippen molar-refractivity contribution in [1.29, 1.82) is 0 Å². The van der Waals surface area contributed by atoms with E-state index in [0.29, 0.717) is 17.0 Å². The monoisotopic (exact) mass is 323 g/mol. The van der Waals surface area contributed by atoms with Crippen LogP contribution in [0.4, 0.5) is 0 Å². The molecule has 24 heavy (non-hydrogen) atoms. The highest BCUT2D eigenvalue weighted by molar-refractivity contribution is 5.81. The van der Waals surface area contributed by atoms with Crippen LogP contribution < -0.4 is 0 Å². The van der Waals surface area contributed by atoms with E-state index in [1.165, 1.54) is 18.0 Å². The van der Waals surface area contributed by atoms with Crippen LogP contribution in [0.15, 0.2) is 47.2 Å². The van der Waals surface area contributed by atoms with Crippen LogP contribution in [0.3, 0.4) is 0 Å². The number of aryl methyl sites for hydroxylation is 1. The topological polar surface area (TPSA) is 66.5 Å². The van der Waals surface area contributed by atoms with Crippen molar-refractivity contribution in [3.05, 3.63) is 53.9 Å². The minimum absolute atomic E-state index is 0.0165. The quantitative estimate of drug-likeness (QED) is 0.700. The highest BCUT2D eigenvalue weighted by atomic mass is 16.3. The molecule has 0 spiro atoms. The van der Waals surface area contributed by atoms with Crippen LogP contribution in [0.5, 0.6) is 11.5 Å². The molecule has 3 aromatic rings. The Kier molecular flexibility index (Phi) is 4.30. The zero-order chi connectivity index (χ0) is 17.3. The van der Waals surface area contributed by atoms with Crippen molar-refractivity contribution in [3.8, 4) is 34.1 Å². The lowest BCUT2D eigenvalue weighted by Gasteiger charge is -2.12. The summed E-state index contributed by atoms with van der Waals surface area (Å²) in [5.41, 5.74) is 4.03. The van der Waals surface area contributed by atoms with E-state index in [4.69, 9.17) is 4.42 Å². The molecule has 0 aliphatic rings. The highest BCUT2D eigenvalue weighted by Gasteiger charge is 2.19. The van der Waals surface area contributed by atoms with E-state index in [2.05, 4.69) is 24.0 Å². The third kappa shape index (κ3) is 2.87. The molecule has 0 unspecified atom stereocenters. The number of aromatic nitrogens is 1. The fraction of sp³-hybridized carbons (Fsp3) is 0.250. The van der Waals surface area contributed by atoms with Crippen LogP contribution in [-0.2, 0) is 6.42 Å². The summed E-state index contributed by atoms with van der Waals surface area (Å²) in [5.74, 6) is 0.803. The molecule has 4 heteroatoms. The summed E-state index contributed by atoms with van der Waals surface area (Å²) >= 11 is 0. The number of nitrogens with zero attached hydrogens (tertiary/aromatic N) is 1. The zero-order valence-corrected chi connectivity index (χ0v) is 14.1. The molecule has 3 rings (SSSR count). The van der Waals surface area contributed by atoms with Crippen molar-refractivity contribution < 1.29 is 14.6 Å². The number of phenols is 2. The van der Waals surface area contributed by atoms with Gasteiger partial charge in [0.25, 0.3) is 0 Å².